The highest BCUT2D eigenvalue weighted by atomic mass is 16.5. The number of benzene rings is 1. The van der Waals surface area contributed by atoms with Crippen LogP contribution in [0.2, 0.25) is 0 Å². The molecule has 1 saturated heterocycles. The van der Waals surface area contributed by atoms with Gasteiger partial charge < -0.3 is 15.4 Å². The van der Waals surface area contributed by atoms with E-state index in [0.717, 1.165) is 44.9 Å². The third kappa shape index (κ3) is 3.85. The second kappa shape index (κ2) is 6.78. The summed E-state index contributed by atoms with van der Waals surface area (Å²) < 4.78 is 5.16. The van der Waals surface area contributed by atoms with Gasteiger partial charge in [-0.15, -0.1) is 0 Å². The van der Waals surface area contributed by atoms with E-state index in [1.165, 1.54) is 5.69 Å². The van der Waals surface area contributed by atoms with Gasteiger partial charge in [0.15, 0.2) is 0 Å². The second-order valence-corrected chi connectivity index (χ2v) is 5.25. The van der Waals surface area contributed by atoms with Crippen molar-refractivity contribution in [3.63, 3.8) is 0 Å². The number of anilines is 2. The average Bonchev–Trinajstić information content (AvgIpc) is 2.45. The fourth-order valence-corrected chi connectivity index (χ4v) is 2.61. The van der Waals surface area contributed by atoms with Crippen LogP contribution in [0.5, 0.6) is 0 Å². The van der Waals surface area contributed by atoms with Crippen LogP contribution in [-0.4, -0.2) is 50.8 Å². The number of ether oxygens (including phenoxy) is 1. The molecule has 2 rings (SSSR count). The molecule has 0 radical (unpaired) electrons. The third-order valence-corrected chi connectivity index (χ3v) is 3.91. The van der Waals surface area contributed by atoms with Gasteiger partial charge in [-0.25, -0.2) is 0 Å². The predicted octanol–water partition coefficient (Wildman–Crippen LogP) is 1.82. The molecule has 1 aliphatic rings. The Morgan fingerprint density at radius 1 is 1.26 bits per heavy atom. The molecule has 106 valence electrons. The largest absolute Gasteiger partial charge is 0.399 e. The molecule has 4 nitrogen and oxygen atoms in total. The maximum absolute atomic E-state index is 5.84. The van der Waals surface area contributed by atoms with Gasteiger partial charge >= 0.3 is 0 Å². The zero-order valence-electron chi connectivity index (χ0n) is 12.0. The molecule has 19 heavy (non-hydrogen) atoms. The highest BCUT2D eigenvalue weighted by Gasteiger charge is 2.20. The van der Waals surface area contributed by atoms with Crippen molar-refractivity contribution in [2.24, 2.45) is 0 Å². The Morgan fingerprint density at radius 3 is 2.63 bits per heavy atom. The summed E-state index contributed by atoms with van der Waals surface area (Å²) in [4.78, 5) is 4.96. The van der Waals surface area contributed by atoms with Crippen molar-refractivity contribution < 1.29 is 4.74 Å². The number of nitrogens with zero attached hydrogens (tertiary/aromatic N) is 2. The maximum atomic E-state index is 5.84. The van der Waals surface area contributed by atoms with E-state index in [4.69, 9.17) is 10.5 Å². The number of nitrogens with two attached hydrogens (primary N) is 1. The van der Waals surface area contributed by atoms with Gasteiger partial charge in [0.1, 0.15) is 0 Å². The maximum Gasteiger partial charge on any atom is 0.0477 e. The summed E-state index contributed by atoms with van der Waals surface area (Å²) in [6.07, 6.45) is 1.11. The average molecular weight is 263 g/mol. The summed E-state index contributed by atoms with van der Waals surface area (Å²) >= 11 is 0. The Balaban J connectivity index is 1.85. The zero-order valence-corrected chi connectivity index (χ0v) is 12.0. The molecule has 1 heterocycles. The number of hydrogen-bond donors (Lipinski definition) is 1. The van der Waals surface area contributed by atoms with Crippen LogP contribution in [0.25, 0.3) is 0 Å². The molecular weight excluding hydrogens is 238 g/mol. The third-order valence-electron chi connectivity index (χ3n) is 3.91. The van der Waals surface area contributed by atoms with Crippen molar-refractivity contribution in [1.29, 1.82) is 0 Å². The Labute approximate surface area is 116 Å². The molecule has 1 fully saturated rings. The van der Waals surface area contributed by atoms with Crippen molar-refractivity contribution in [3.05, 3.63) is 24.3 Å². The first-order valence-electron chi connectivity index (χ1n) is 7.04. The minimum atomic E-state index is 0.600. The Kier molecular flexibility index (Phi) is 5.05. The van der Waals surface area contributed by atoms with Crippen LogP contribution in [0, 0.1) is 0 Å². The highest BCUT2D eigenvalue weighted by molar-refractivity contribution is 5.56. The van der Waals surface area contributed by atoms with E-state index >= 15 is 0 Å². The molecule has 2 N–H and O–H groups in total. The molecule has 0 amide bonds. The van der Waals surface area contributed by atoms with Crippen molar-refractivity contribution in [1.82, 2.24) is 4.90 Å². The standard InChI is InChI=1S/C15H25N3O/c1-13(6-11-19-2)17-7-9-18(10-8-17)15-5-3-4-14(16)12-15/h3-5,12-13H,6-11,16H2,1-2H3. The van der Waals surface area contributed by atoms with E-state index in [1.807, 2.05) is 12.1 Å². The van der Waals surface area contributed by atoms with Crippen LogP contribution in [0.1, 0.15) is 13.3 Å². The van der Waals surface area contributed by atoms with E-state index in [9.17, 15) is 0 Å². The molecular formula is C15H25N3O. The SMILES string of the molecule is COCCC(C)N1CCN(c2cccc(N)c2)CC1. The van der Waals surface area contributed by atoms with E-state index < -0.39 is 0 Å². The van der Waals surface area contributed by atoms with Crippen LogP contribution in [0.4, 0.5) is 11.4 Å². The summed E-state index contributed by atoms with van der Waals surface area (Å²) in [6, 6.07) is 8.76. The molecule has 1 aliphatic heterocycles. The smallest absolute Gasteiger partial charge is 0.0477 e. The molecule has 1 atom stereocenters. The predicted molar refractivity (Wildman–Crippen MR) is 80.6 cm³/mol. The molecule has 0 aromatic heterocycles. The summed E-state index contributed by atoms with van der Waals surface area (Å²) in [5.74, 6) is 0. The minimum Gasteiger partial charge on any atom is -0.399 e. The number of methoxy groups -OCH3 is 1. The van der Waals surface area contributed by atoms with Gasteiger partial charge in [-0.1, -0.05) is 6.07 Å². The minimum absolute atomic E-state index is 0.600. The molecule has 0 spiro atoms. The monoisotopic (exact) mass is 263 g/mol. The Morgan fingerprint density at radius 2 is 2.00 bits per heavy atom. The van der Waals surface area contributed by atoms with Gasteiger partial charge in [-0.2, -0.15) is 0 Å². The van der Waals surface area contributed by atoms with Crippen LogP contribution >= 0.6 is 0 Å². The van der Waals surface area contributed by atoms with Gasteiger partial charge in [0, 0.05) is 57.3 Å². The number of rotatable bonds is 5. The summed E-state index contributed by atoms with van der Waals surface area (Å²) in [7, 11) is 1.77. The molecule has 0 saturated carbocycles. The van der Waals surface area contributed by atoms with Crippen LogP contribution in [-0.2, 0) is 4.74 Å². The normalized spacial score (nSPS) is 18.5. The number of nitrogen functional groups attached to an aromatic ring is 1. The van der Waals surface area contributed by atoms with E-state index in [1.54, 1.807) is 7.11 Å². The molecule has 1 aromatic rings. The van der Waals surface area contributed by atoms with Crippen molar-refractivity contribution in [2.45, 2.75) is 19.4 Å². The Hall–Kier alpha value is -1.26. The lowest BCUT2D eigenvalue weighted by atomic mass is 10.1. The first kappa shape index (κ1) is 14.2. The number of piperazine rings is 1. The topological polar surface area (TPSA) is 41.7 Å². The van der Waals surface area contributed by atoms with Gasteiger partial charge in [0.05, 0.1) is 0 Å². The quantitative estimate of drug-likeness (QED) is 0.823. The first-order chi connectivity index (χ1) is 9.20. The van der Waals surface area contributed by atoms with Crippen LogP contribution in [0.15, 0.2) is 24.3 Å². The van der Waals surface area contributed by atoms with Gasteiger partial charge in [0.25, 0.3) is 0 Å². The van der Waals surface area contributed by atoms with Crippen LogP contribution < -0.4 is 10.6 Å². The van der Waals surface area contributed by atoms with Gasteiger partial charge in [-0.05, 0) is 31.5 Å². The molecule has 4 heteroatoms. The second-order valence-electron chi connectivity index (χ2n) is 5.25. The molecule has 1 unspecified atom stereocenters. The van der Waals surface area contributed by atoms with Crippen molar-refractivity contribution >= 4 is 11.4 Å². The summed E-state index contributed by atoms with van der Waals surface area (Å²) in [5.41, 5.74) is 7.93. The van der Waals surface area contributed by atoms with Gasteiger partial charge in [0.2, 0.25) is 0 Å². The van der Waals surface area contributed by atoms with Crippen molar-refractivity contribution in [3.8, 4) is 0 Å². The van der Waals surface area contributed by atoms with E-state index in [2.05, 4.69) is 28.9 Å². The Bertz CT molecular complexity index is 389. The fourth-order valence-electron chi connectivity index (χ4n) is 2.61. The highest BCUT2D eigenvalue weighted by Crippen LogP contribution is 2.20. The lowest BCUT2D eigenvalue weighted by molar-refractivity contribution is 0.133. The summed E-state index contributed by atoms with van der Waals surface area (Å²) in [5, 5.41) is 0. The fraction of sp³-hybridized carbons (Fsp3) is 0.600. The van der Waals surface area contributed by atoms with E-state index in [-0.39, 0.29) is 0 Å². The van der Waals surface area contributed by atoms with Gasteiger partial charge in [-0.3, -0.25) is 4.90 Å². The first-order valence-corrected chi connectivity index (χ1v) is 7.04. The number of hydrogen-bond acceptors (Lipinski definition) is 4. The van der Waals surface area contributed by atoms with Crippen molar-refractivity contribution in [2.75, 3.05) is 50.5 Å². The molecule has 1 aromatic carbocycles. The zero-order chi connectivity index (χ0) is 13.7. The van der Waals surface area contributed by atoms with E-state index in [0.29, 0.717) is 6.04 Å². The summed E-state index contributed by atoms with van der Waals surface area (Å²) in [6.45, 7) is 7.49. The molecule has 0 aliphatic carbocycles. The lowest BCUT2D eigenvalue weighted by Gasteiger charge is -2.39. The molecule has 0 bridgehead atoms. The van der Waals surface area contributed by atoms with Crippen LogP contribution in [0.3, 0.4) is 0 Å². The lowest BCUT2D eigenvalue weighted by Crippen LogP contribution is -2.49.